The Kier molecular flexibility index (Phi) is 4.15. The number of rotatable bonds is 3. The van der Waals surface area contributed by atoms with Gasteiger partial charge in [-0.15, -0.1) is 0 Å². The van der Waals surface area contributed by atoms with Crippen LogP contribution in [0.15, 0.2) is 0 Å². The summed E-state index contributed by atoms with van der Waals surface area (Å²) in [5.41, 5.74) is 6.06. The van der Waals surface area contributed by atoms with Crippen LogP contribution in [0.25, 0.3) is 0 Å². The van der Waals surface area contributed by atoms with Crippen molar-refractivity contribution in [3.8, 4) is 0 Å². The van der Waals surface area contributed by atoms with Gasteiger partial charge in [0.25, 0.3) is 0 Å². The van der Waals surface area contributed by atoms with E-state index in [0.29, 0.717) is 24.5 Å². The summed E-state index contributed by atoms with van der Waals surface area (Å²) in [5, 5.41) is 9.43. The van der Waals surface area contributed by atoms with Crippen LogP contribution in [-0.4, -0.2) is 41.8 Å². The molecule has 3 N–H and O–H groups in total. The Bertz CT molecular complexity index is 200. The van der Waals surface area contributed by atoms with E-state index in [1.54, 1.807) is 0 Å². The van der Waals surface area contributed by atoms with E-state index in [1.807, 2.05) is 0 Å². The SMILES string of the molecule is CC1CCN(C(CN)C(C)(C)C)C1CO. The largest absolute Gasteiger partial charge is 0.395 e. The number of hydrogen-bond donors (Lipinski definition) is 2. The summed E-state index contributed by atoms with van der Waals surface area (Å²) >= 11 is 0. The van der Waals surface area contributed by atoms with Crippen molar-refractivity contribution in [2.45, 2.75) is 46.2 Å². The first-order valence-electron chi connectivity index (χ1n) is 5.98. The highest BCUT2D eigenvalue weighted by Crippen LogP contribution is 2.32. The zero-order chi connectivity index (χ0) is 11.6. The minimum absolute atomic E-state index is 0.187. The molecule has 0 spiro atoms. The van der Waals surface area contributed by atoms with Gasteiger partial charge < -0.3 is 10.8 Å². The van der Waals surface area contributed by atoms with E-state index in [0.717, 1.165) is 6.54 Å². The molecule has 0 bridgehead atoms. The Labute approximate surface area is 93.6 Å². The van der Waals surface area contributed by atoms with E-state index in [1.165, 1.54) is 6.42 Å². The average molecular weight is 214 g/mol. The van der Waals surface area contributed by atoms with Crippen LogP contribution in [0, 0.1) is 11.3 Å². The zero-order valence-electron chi connectivity index (χ0n) is 10.5. The van der Waals surface area contributed by atoms with Gasteiger partial charge in [0.15, 0.2) is 0 Å². The molecule has 90 valence electrons. The van der Waals surface area contributed by atoms with Gasteiger partial charge in [0.1, 0.15) is 0 Å². The highest BCUT2D eigenvalue weighted by Gasteiger charge is 2.39. The molecule has 3 nitrogen and oxygen atoms in total. The van der Waals surface area contributed by atoms with Crippen molar-refractivity contribution < 1.29 is 5.11 Å². The molecule has 15 heavy (non-hydrogen) atoms. The molecule has 1 aliphatic heterocycles. The summed E-state index contributed by atoms with van der Waals surface area (Å²) in [7, 11) is 0. The number of aliphatic hydroxyl groups is 1. The van der Waals surface area contributed by atoms with Crippen molar-refractivity contribution in [1.82, 2.24) is 4.90 Å². The summed E-state index contributed by atoms with van der Waals surface area (Å²) in [6, 6.07) is 0.678. The Morgan fingerprint density at radius 1 is 1.47 bits per heavy atom. The molecule has 0 aromatic carbocycles. The van der Waals surface area contributed by atoms with Crippen molar-refractivity contribution in [3.63, 3.8) is 0 Å². The van der Waals surface area contributed by atoms with Gasteiger partial charge in [0, 0.05) is 18.6 Å². The van der Waals surface area contributed by atoms with E-state index in [9.17, 15) is 5.11 Å². The van der Waals surface area contributed by atoms with Crippen molar-refractivity contribution in [2.24, 2.45) is 17.1 Å². The molecular formula is C12H26N2O. The molecule has 0 saturated carbocycles. The van der Waals surface area contributed by atoms with Crippen LogP contribution in [0.1, 0.15) is 34.1 Å². The molecule has 0 amide bonds. The van der Waals surface area contributed by atoms with Gasteiger partial charge in [-0.25, -0.2) is 0 Å². The molecule has 0 aliphatic carbocycles. The summed E-state index contributed by atoms with van der Waals surface area (Å²) in [6.07, 6.45) is 1.18. The van der Waals surface area contributed by atoms with E-state index in [2.05, 4.69) is 32.6 Å². The fraction of sp³-hybridized carbons (Fsp3) is 1.00. The molecule has 0 radical (unpaired) electrons. The maximum atomic E-state index is 9.43. The van der Waals surface area contributed by atoms with Gasteiger partial charge >= 0.3 is 0 Å². The first-order chi connectivity index (χ1) is 6.91. The number of likely N-dealkylation sites (tertiary alicyclic amines) is 1. The van der Waals surface area contributed by atoms with Gasteiger partial charge in [-0.1, -0.05) is 27.7 Å². The molecule has 0 aromatic heterocycles. The Morgan fingerprint density at radius 3 is 2.47 bits per heavy atom. The predicted octanol–water partition coefficient (Wildman–Crippen LogP) is 1.06. The van der Waals surface area contributed by atoms with Gasteiger partial charge in [-0.2, -0.15) is 0 Å². The molecular weight excluding hydrogens is 188 g/mol. The fourth-order valence-electron chi connectivity index (χ4n) is 2.70. The van der Waals surface area contributed by atoms with Crippen LogP contribution in [-0.2, 0) is 0 Å². The normalized spacial score (nSPS) is 30.8. The summed E-state index contributed by atoms with van der Waals surface area (Å²) < 4.78 is 0. The van der Waals surface area contributed by atoms with Gasteiger partial charge in [-0.3, -0.25) is 4.90 Å². The van der Waals surface area contributed by atoms with Crippen LogP contribution in [0.5, 0.6) is 0 Å². The van der Waals surface area contributed by atoms with E-state index >= 15 is 0 Å². The Balaban J connectivity index is 2.77. The van der Waals surface area contributed by atoms with Crippen LogP contribution in [0.4, 0.5) is 0 Å². The van der Waals surface area contributed by atoms with E-state index in [4.69, 9.17) is 5.73 Å². The van der Waals surface area contributed by atoms with Crippen molar-refractivity contribution >= 4 is 0 Å². The van der Waals surface area contributed by atoms with E-state index < -0.39 is 0 Å². The highest BCUT2D eigenvalue weighted by molar-refractivity contribution is 4.93. The third-order valence-electron chi connectivity index (χ3n) is 3.74. The summed E-state index contributed by atoms with van der Waals surface area (Å²) in [4.78, 5) is 2.41. The number of nitrogens with zero attached hydrogens (tertiary/aromatic N) is 1. The zero-order valence-corrected chi connectivity index (χ0v) is 10.5. The second-order valence-corrected chi connectivity index (χ2v) is 5.87. The fourth-order valence-corrected chi connectivity index (χ4v) is 2.70. The molecule has 1 saturated heterocycles. The monoisotopic (exact) mass is 214 g/mol. The summed E-state index contributed by atoms with van der Waals surface area (Å²) in [5.74, 6) is 0.589. The topological polar surface area (TPSA) is 49.5 Å². The number of aliphatic hydroxyl groups excluding tert-OH is 1. The predicted molar refractivity (Wildman–Crippen MR) is 63.7 cm³/mol. The summed E-state index contributed by atoms with van der Waals surface area (Å²) in [6.45, 7) is 10.9. The molecule has 0 aromatic rings. The van der Waals surface area contributed by atoms with Crippen LogP contribution >= 0.6 is 0 Å². The maximum Gasteiger partial charge on any atom is 0.0589 e. The van der Waals surface area contributed by atoms with Gasteiger partial charge in [0.05, 0.1) is 6.61 Å². The Morgan fingerprint density at radius 2 is 2.07 bits per heavy atom. The molecule has 3 unspecified atom stereocenters. The van der Waals surface area contributed by atoms with Crippen molar-refractivity contribution in [3.05, 3.63) is 0 Å². The number of nitrogens with two attached hydrogens (primary N) is 1. The first-order valence-corrected chi connectivity index (χ1v) is 5.98. The second kappa shape index (κ2) is 4.81. The van der Waals surface area contributed by atoms with Gasteiger partial charge in [-0.05, 0) is 24.3 Å². The van der Waals surface area contributed by atoms with Crippen molar-refractivity contribution in [2.75, 3.05) is 19.7 Å². The van der Waals surface area contributed by atoms with Crippen LogP contribution in [0.3, 0.4) is 0 Å². The highest BCUT2D eigenvalue weighted by atomic mass is 16.3. The van der Waals surface area contributed by atoms with Gasteiger partial charge in [0.2, 0.25) is 0 Å². The lowest BCUT2D eigenvalue weighted by molar-refractivity contribution is 0.0538. The maximum absolute atomic E-state index is 9.43. The molecule has 1 rings (SSSR count). The molecule has 3 heteroatoms. The molecule has 1 heterocycles. The van der Waals surface area contributed by atoms with E-state index in [-0.39, 0.29) is 12.0 Å². The standard InChI is InChI=1S/C12H26N2O/c1-9-5-6-14(10(9)8-15)11(7-13)12(2,3)4/h9-11,15H,5-8,13H2,1-4H3. The average Bonchev–Trinajstić information content (AvgIpc) is 2.46. The molecule has 1 fully saturated rings. The quantitative estimate of drug-likeness (QED) is 0.738. The van der Waals surface area contributed by atoms with Crippen molar-refractivity contribution in [1.29, 1.82) is 0 Å². The molecule has 3 atom stereocenters. The second-order valence-electron chi connectivity index (χ2n) is 5.87. The minimum atomic E-state index is 0.187. The lowest BCUT2D eigenvalue weighted by Gasteiger charge is -2.40. The number of hydrogen-bond acceptors (Lipinski definition) is 3. The van der Waals surface area contributed by atoms with Crippen LogP contribution in [0.2, 0.25) is 0 Å². The smallest absolute Gasteiger partial charge is 0.0589 e. The lowest BCUT2D eigenvalue weighted by atomic mass is 9.85. The first kappa shape index (κ1) is 12.9. The molecule has 1 aliphatic rings. The lowest BCUT2D eigenvalue weighted by Crippen LogP contribution is -2.52. The third kappa shape index (κ3) is 2.71. The van der Waals surface area contributed by atoms with Crippen LogP contribution < -0.4 is 5.73 Å². The third-order valence-corrected chi connectivity index (χ3v) is 3.74. The minimum Gasteiger partial charge on any atom is -0.395 e. The Hall–Kier alpha value is -0.120.